The monoisotopic (exact) mass is 286 g/mol. The molecule has 2 aromatic rings. The molecule has 6 nitrogen and oxygen atoms in total. The van der Waals surface area contributed by atoms with Crippen LogP contribution in [0.1, 0.15) is 18.4 Å². The van der Waals surface area contributed by atoms with E-state index in [1.807, 2.05) is 24.3 Å². The highest BCUT2D eigenvalue weighted by Crippen LogP contribution is 2.33. The summed E-state index contributed by atoms with van der Waals surface area (Å²) in [7, 11) is 1.63. The first-order valence-electron chi connectivity index (χ1n) is 7.00. The molecule has 0 radical (unpaired) electrons. The van der Waals surface area contributed by atoms with Gasteiger partial charge in [0.25, 0.3) is 0 Å². The normalized spacial score (nSPS) is 14.0. The van der Waals surface area contributed by atoms with Crippen LogP contribution < -0.4 is 15.8 Å². The molecule has 3 N–H and O–H groups in total. The van der Waals surface area contributed by atoms with Crippen molar-refractivity contribution in [2.24, 2.45) is 5.73 Å². The van der Waals surface area contributed by atoms with Gasteiger partial charge in [-0.1, -0.05) is 12.1 Å². The number of aromatic nitrogens is 2. The minimum atomic E-state index is -0.574. The second kappa shape index (κ2) is 5.47. The molecule has 2 heterocycles. The minimum absolute atomic E-state index is 0.574. The first-order chi connectivity index (χ1) is 10.2. The van der Waals surface area contributed by atoms with E-state index in [1.165, 1.54) is 4.68 Å². The molecule has 0 saturated heterocycles. The Bertz CT molecular complexity index is 678. The van der Waals surface area contributed by atoms with Crippen molar-refractivity contribution in [3.63, 3.8) is 0 Å². The SMILES string of the molecule is COc1cccc(-c2nn(C(N)=O)c3c2CCCCN3)c1. The number of anilines is 1. The topological polar surface area (TPSA) is 82.2 Å². The highest BCUT2D eigenvalue weighted by Gasteiger charge is 2.22. The Labute approximate surface area is 122 Å². The maximum absolute atomic E-state index is 11.6. The number of nitrogens with one attached hydrogen (secondary N) is 1. The summed E-state index contributed by atoms with van der Waals surface area (Å²) in [6.07, 6.45) is 2.99. The van der Waals surface area contributed by atoms with E-state index in [2.05, 4.69) is 10.4 Å². The molecular formula is C15H18N4O2. The average molecular weight is 286 g/mol. The number of amides is 1. The van der Waals surface area contributed by atoms with Gasteiger partial charge >= 0.3 is 6.03 Å². The van der Waals surface area contributed by atoms with E-state index in [1.54, 1.807) is 7.11 Å². The molecule has 6 heteroatoms. The van der Waals surface area contributed by atoms with Crippen LogP contribution in [-0.2, 0) is 6.42 Å². The number of methoxy groups -OCH3 is 1. The Morgan fingerprint density at radius 1 is 1.43 bits per heavy atom. The molecule has 1 aliphatic rings. The third-order valence-electron chi connectivity index (χ3n) is 3.68. The van der Waals surface area contributed by atoms with Crippen LogP contribution in [-0.4, -0.2) is 29.5 Å². The molecule has 0 saturated carbocycles. The van der Waals surface area contributed by atoms with Gasteiger partial charge in [-0.15, -0.1) is 0 Å². The van der Waals surface area contributed by atoms with E-state index < -0.39 is 6.03 Å². The standard InChI is InChI=1S/C15H18N4O2/c1-21-11-6-4-5-10(9-11)13-12-7-2-3-8-17-14(12)19(18-13)15(16)20/h4-6,9,17H,2-3,7-8H2,1H3,(H2,16,20). The summed E-state index contributed by atoms with van der Waals surface area (Å²) >= 11 is 0. The number of hydrogen-bond donors (Lipinski definition) is 2. The molecule has 1 aliphatic heterocycles. The van der Waals surface area contributed by atoms with Gasteiger partial charge in [0.1, 0.15) is 11.6 Å². The summed E-state index contributed by atoms with van der Waals surface area (Å²) in [6.45, 7) is 0.823. The number of carbonyl (C=O) groups is 1. The minimum Gasteiger partial charge on any atom is -0.497 e. The molecule has 0 unspecified atom stereocenters. The number of primary amides is 1. The lowest BCUT2D eigenvalue weighted by Gasteiger charge is -2.05. The van der Waals surface area contributed by atoms with Crippen molar-refractivity contribution >= 4 is 11.8 Å². The second-order valence-corrected chi connectivity index (χ2v) is 5.04. The predicted octanol–water partition coefficient (Wildman–Crippen LogP) is 2.23. The molecule has 0 aliphatic carbocycles. The van der Waals surface area contributed by atoms with Crippen molar-refractivity contribution in [2.45, 2.75) is 19.3 Å². The van der Waals surface area contributed by atoms with Gasteiger partial charge in [-0.25, -0.2) is 4.79 Å². The van der Waals surface area contributed by atoms with Crippen LogP contribution in [0.5, 0.6) is 5.75 Å². The van der Waals surface area contributed by atoms with Gasteiger partial charge in [0, 0.05) is 17.7 Å². The highest BCUT2D eigenvalue weighted by atomic mass is 16.5. The van der Waals surface area contributed by atoms with Gasteiger partial charge in [0.15, 0.2) is 0 Å². The zero-order chi connectivity index (χ0) is 14.8. The van der Waals surface area contributed by atoms with Crippen molar-refractivity contribution in [1.29, 1.82) is 0 Å². The van der Waals surface area contributed by atoms with Crippen molar-refractivity contribution in [3.8, 4) is 17.0 Å². The quantitative estimate of drug-likeness (QED) is 0.887. The van der Waals surface area contributed by atoms with Crippen molar-refractivity contribution in [1.82, 2.24) is 9.78 Å². The Morgan fingerprint density at radius 3 is 3.05 bits per heavy atom. The second-order valence-electron chi connectivity index (χ2n) is 5.04. The molecule has 0 atom stereocenters. The van der Waals surface area contributed by atoms with Crippen LogP contribution in [0.25, 0.3) is 11.3 Å². The maximum Gasteiger partial charge on any atom is 0.341 e. The zero-order valence-electron chi connectivity index (χ0n) is 11.9. The van der Waals surface area contributed by atoms with Crippen LogP contribution >= 0.6 is 0 Å². The van der Waals surface area contributed by atoms with Crippen molar-refractivity contribution < 1.29 is 9.53 Å². The molecule has 21 heavy (non-hydrogen) atoms. The molecule has 0 spiro atoms. The number of benzene rings is 1. The Kier molecular flexibility index (Phi) is 3.51. The zero-order valence-corrected chi connectivity index (χ0v) is 11.9. The number of rotatable bonds is 2. The maximum atomic E-state index is 11.6. The molecule has 1 amide bonds. The summed E-state index contributed by atoms with van der Waals surface area (Å²) in [4.78, 5) is 11.6. The summed E-state index contributed by atoms with van der Waals surface area (Å²) in [5.74, 6) is 1.48. The fourth-order valence-electron chi connectivity index (χ4n) is 2.66. The molecular weight excluding hydrogens is 268 g/mol. The molecule has 1 aromatic carbocycles. The molecule has 0 bridgehead atoms. The first kappa shape index (κ1) is 13.5. The van der Waals surface area contributed by atoms with E-state index >= 15 is 0 Å². The smallest absolute Gasteiger partial charge is 0.341 e. The largest absolute Gasteiger partial charge is 0.497 e. The van der Waals surface area contributed by atoms with Crippen LogP contribution in [0.2, 0.25) is 0 Å². The predicted molar refractivity (Wildman–Crippen MR) is 80.6 cm³/mol. The van der Waals surface area contributed by atoms with E-state index in [0.29, 0.717) is 0 Å². The van der Waals surface area contributed by atoms with Gasteiger partial charge in [-0.2, -0.15) is 9.78 Å². The van der Waals surface area contributed by atoms with E-state index in [-0.39, 0.29) is 0 Å². The van der Waals surface area contributed by atoms with Gasteiger partial charge in [-0.3, -0.25) is 0 Å². The number of ether oxygens (including phenoxy) is 1. The Balaban J connectivity index is 2.15. The van der Waals surface area contributed by atoms with E-state index in [0.717, 1.165) is 54.2 Å². The fraction of sp³-hybridized carbons (Fsp3) is 0.333. The summed E-state index contributed by atoms with van der Waals surface area (Å²) in [6, 6.07) is 7.09. The number of nitrogens with two attached hydrogens (primary N) is 1. The van der Waals surface area contributed by atoms with Crippen molar-refractivity contribution in [2.75, 3.05) is 19.0 Å². The van der Waals surface area contributed by atoms with E-state index in [9.17, 15) is 4.79 Å². The Hall–Kier alpha value is -2.50. The van der Waals surface area contributed by atoms with Crippen LogP contribution in [0.3, 0.4) is 0 Å². The molecule has 3 rings (SSSR count). The first-order valence-corrected chi connectivity index (χ1v) is 7.00. The molecule has 110 valence electrons. The van der Waals surface area contributed by atoms with Crippen LogP contribution in [0.4, 0.5) is 10.6 Å². The third-order valence-corrected chi connectivity index (χ3v) is 3.68. The van der Waals surface area contributed by atoms with Crippen LogP contribution in [0, 0.1) is 0 Å². The Morgan fingerprint density at radius 2 is 2.29 bits per heavy atom. The van der Waals surface area contributed by atoms with Crippen molar-refractivity contribution in [3.05, 3.63) is 29.8 Å². The lowest BCUT2D eigenvalue weighted by Crippen LogP contribution is -2.23. The number of carbonyl (C=O) groups excluding carboxylic acids is 1. The van der Waals surface area contributed by atoms with E-state index in [4.69, 9.17) is 10.5 Å². The summed E-state index contributed by atoms with van der Waals surface area (Å²) in [5, 5.41) is 7.66. The summed E-state index contributed by atoms with van der Waals surface area (Å²) in [5.41, 5.74) is 8.19. The van der Waals surface area contributed by atoms with Gasteiger partial charge < -0.3 is 15.8 Å². The molecule has 0 fully saturated rings. The lowest BCUT2D eigenvalue weighted by atomic mass is 10.0. The van der Waals surface area contributed by atoms with Gasteiger partial charge in [0.05, 0.1) is 12.8 Å². The van der Waals surface area contributed by atoms with Gasteiger partial charge in [-0.05, 0) is 31.4 Å². The average Bonchev–Trinajstić information content (AvgIpc) is 2.69. The fourth-order valence-corrected chi connectivity index (χ4v) is 2.66. The van der Waals surface area contributed by atoms with Crippen LogP contribution in [0.15, 0.2) is 24.3 Å². The highest BCUT2D eigenvalue weighted by molar-refractivity contribution is 5.82. The molecule has 1 aromatic heterocycles. The summed E-state index contributed by atoms with van der Waals surface area (Å²) < 4.78 is 6.52. The van der Waals surface area contributed by atoms with Gasteiger partial charge in [0.2, 0.25) is 0 Å². The number of hydrogen-bond acceptors (Lipinski definition) is 4. The number of fused-ring (bicyclic) bond motifs is 1. The lowest BCUT2D eigenvalue weighted by molar-refractivity contribution is 0.248. The third kappa shape index (κ3) is 2.44. The number of nitrogens with zero attached hydrogens (tertiary/aromatic N) is 2.